The first-order valence-corrected chi connectivity index (χ1v) is 18.7. The third kappa shape index (κ3) is 5.27. The molecule has 17 atom stereocenters. The number of ether oxygens (including phenoxy) is 2. The second-order valence-corrected chi connectivity index (χ2v) is 18.8. The molecule has 1 aliphatic heterocycles. The number of Topliss-reactive ketones (excluding diaryl/α,β-unsaturated/α-hetero) is 1. The molecular formula is C39H62O10. The number of ketones is 1. The average molecular weight is 691 g/mol. The Morgan fingerprint density at radius 2 is 1.55 bits per heavy atom. The van der Waals surface area contributed by atoms with Crippen molar-refractivity contribution in [2.45, 2.75) is 169 Å². The molecule has 10 nitrogen and oxygen atoms in total. The highest BCUT2D eigenvalue weighted by molar-refractivity contribution is 5.80. The lowest BCUT2D eigenvalue weighted by Crippen LogP contribution is -2.69. The van der Waals surface area contributed by atoms with Gasteiger partial charge in [0, 0.05) is 11.8 Å². The van der Waals surface area contributed by atoms with Gasteiger partial charge in [-0.1, -0.05) is 46.3 Å². The summed E-state index contributed by atoms with van der Waals surface area (Å²) in [4.78, 5) is 25.6. The van der Waals surface area contributed by atoms with Gasteiger partial charge in [0.05, 0.1) is 23.7 Å². The van der Waals surface area contributed by atoms with E-state index in [0.29, 0.717) is 12.8 Å². The third-order valence-electron chi connectivity index (χ3n) is 16.4. The Balaban J connectivity index is 1.33. The molecule has 0 aromatic heterocycles. The molecule has 4 saturated carbocycles. The van der Waals surface area contributed by atoms with E-state index in [9.17, 15) is 40.2 Å². The predicted molar refractivity (Wildman–Crippen MR) is 181 cm³/mol. The minimum Gasteiger partial charge on any atom is -0.481 e. The van der Waals surface area contributed by atoms with Crippen molar-refractivity contribution < 1.29 is 49.7 Å². The van der Waals surface area contributed by atoms with Crippen LogP contribution in [0, 0.1) is 50.2 Å². The van der Waals surface area contributed by atoms with Gasteiger partial charge in [-0.05, 0) is 118 Å². The number of carboxylic acid groups (broad SMARTS) is 1. The fourth-order valence-electron chi connectivity index (χ4n) is 12.6. The summed E-state index contributed by atoms with van der Waals surface area (Å²) in [6.07, 6.45) is 0.169. The zero-order chi connectivity index (χ0) is 36.3. The van der Waals surface area contributed by atoms with E-state index < -0.39 is 71.2 Å². The summed E-state index contributed by atoms with van der Waals surface area (Å²) in [7, 11) is 0. The number of hydrogen-bond donors (Lipinski definition) is 6. The topological polar surface area (TPSA) is 174 Å². The first kappa shape index (κ1) is 37.4. The van der Waals surface area contributed by atoms with E-state index in [-0.39, 0.29) is 52.6 Å². The van der Waals surface area contributed by atoms with Gasteiger partial charge in [0.2, 0.25) is 0 Å². The molecule has 278 valence electrons. The molecule has 0 aromatic carbocycles. The van der Waals surface area contributed by atoms with Gasteiger partial charge in [-0.2, -0.15) is 0 Å². The summed E-state index contributed by atoms with van der Waals surface area (Å²) in [5.41, 5.74) is -1.01. The molecule has 1 heterocycles. The van der Waals surface area contributed by atoms with Gasteiger partial charge in [0.25, 0.3) is 0 Å². The Morgan fingerprint density at radius 3 is 2.18 bits per heavy atom. The van der Waals surface area contributed by atoms with Crippen LogP contribution in [0.15, 0.2) is 11.6 Å². The van der Waals surface area contributed by atoms with Gasteiger partial charge in [0.15, 0.2) is 12.1 Å². The number of rotatable bonds is 6. The van der Waals surface area contributed by atoms with Crippen molar-refractivity contribution in [2.24, 2.45) is 50.2 Å². The van der Waals surface area contributed by atoms with Crippen molar-refractivity contribution in [1.82, 2.24) is 0 Å². The second kappa shape index (κ2) is 12.1. The Bertz CT molecular complexity index is 1370. The van der Waals surface area contributed by atoms with Crippen LogP contribution in [0.2, 0.25) is 0 Å². The number of carbonyl (C=O) groups is 2. The first-order valence-electron chi connectivity index (χ1n) is 18.7. The van der Waals surface area contributed by atoms with Crippen molar-refractivity contribution in [3.05, 3.63) is 11.6 Å². The lowest BCUT2D eigenvalue weighted by atomic mass is 9.33. The molecule has 0 aromatic rings. The summed E-state index contributed by atoms with van der Waals surface area (Å²) in [6, 6.07) is 0. The van der Waals surface area contributed by atoms with E-state index in [2.05, 4.69) is 33.8 Å². The van der Waals surface area contributed by atoms with Crippen LogP contribution >= 0.6 is 0 Å². The second-order valence-electron chi connectivity index (χ2n) is 18.8. The highest BCUT2D eigenvalue weighted by Crippen LogP contribution is 2.76. The number of aliphatic carboxylic acids is 1. The van der Waals surface area contributed by atoms with Crippen LogP contribution in [0.25, 0.3) is 0 Å². The molecule has 6 aliphatic rings. The van der Waals surface area contributed by atoms with Gasteiger partial charge in [0.1, 0.15) is 24.4 Å². The Hall–Kier alpha value is -1.40. The molecule has 17 unspecified atom stereocenters. The smallest absolute Gasteiger partial charge is 0.309 e. The molecule has 0 spiro atoms. The van der Waals surface area contributed by atoms with E-state index >= 15 is 0 Å². The zero-order valence-corrected chi connectivity index (χ0v) is 30.8. The van der Waals surface area contributed by atoms with Crippen molar-refractivity contribution in [3.8, 4) is 0 Å². The van der Waals surface area contributed by atoms with E-state index in [1.165, 1.54) is 12.5 Å². The number of carbonyl (C=O) groups excluding carboxylic acids is 1. The molecule has 6 rings (SSSR count). The fraction of sp³-hybridized carbons (Fsp3) is 0.897. The summed E-state index contributed by atoms with van der Waals surface area (Å²) >= 11 is 0. The maximum absolute atomic E-state index is 13.1. The fourth-order valence-corrected chi connectivity index (χ4v) is 12.6. The van der Waals surface area contributed by atoms with Gasteiger partial charge in [-0.3, -0.25) is 9.59 Å². The lowest BCUT2D eigenvalue weighted by molar-refractivity contribution is -0.307. The van der Waals surface area contributed by atoms with Crippen molar-refractivity contribution in [1.29, 1.82) is 0 Å². The molecule has 0 radical (unpaired) electrons. The maximum Gasteiger partial charge on any atom is 0.309 e. The van der Waals surface area contributed by atoms with Gasteiger partial charge < -0.3 is 40.1 Å². The lowest BCUT2D eigenvalue weighted by Gasteiger charge is -2.72. The summed E-state index contributed by atoms with van der Waals surface area (Å²) in [5, 5.41) is 65.3. The van der Waals surface area contributed by atoms with Crippen LogP contribution in [0.4, 0.5) is 0 Å². The average Bonchev–Trinajstić information content (AvgIpc) is 3.02. The van der Waals surface area contributed by atoms with Gasteiger partial charge in [-0.25, -0.2) is 0 Å². The van der Waals surface area contributed by atoms with Crippen molar-refractivity contribution >= 4 is 11.8 Å². The standard InChI is InChI=1S/C39H62O10/c1-20(40)24(49-32-31(45)30(44)29(43)21(2)48-32)19-36(5)25-11-12-38(7)26(39(25,8)28(42)17-27(36)41)10-9-22-23-18-35(4,33(46)47)14-13-34(23,3)15-16-37(22,38)6/h9,21,23-32,41-45H,10-19H2,1-8H3,(H,46,47). The summed E-state index contributed by atoms with van der Waals surface area (Å²) < 4.78 is 11.8. The molecule has 5 aliphatic carbocycles. The van der Waals surface area contributed by atoms with Gasteiger partial charge in [-0.15, -0.1) is 0 Å². The normalized spacial score (nSPS) is 54.8. The van der Waals surface area contributed by atoms with Crippen LogP contribution in [-0.4, -0.2) is 91.4 Å². The van der Waals surface area contributed by atoms with E-state index in [0.717, 1.165) is 38.5 Å². The quantitative estimate of drug-likeness (QED) is 0.220. The third-order valence-corrected chi connectivity index (χ3v) is 16.4. The molecule has 10 heteroatoms. The number of aliphatic hydroxyl groups excluding tert-OH is 5. The van der Waals surface area contributed by atoms with Crippen molar-refractivity contribution in [2.75, 3.05) is 0 Å². The molecule has 1 saturated heterocycles. The highest BCUT2D eigenvalue weighted by atomic mass is 16.7. The van der Waals surface area contributed by atoms with Crippen LogP contribution in [-0.2, 0) is 19.1 Å². The van der Waals surface area contributed by atoms with Crippen LogP contribution in [0.5, 0.6) is 0 Å². The SMILES string of the molecule is CC(=O)C(CC1(C)C(O)CC(O)C2(C)C1CCC1(C)C2CC=C2C3CC(C)(C(=O)O)CCC3(C)CCC21C)OC1OC(C)C(O)C(O)C1O. The number of allylic oxidation sites excluding steroid dienone is 2. The van der Waals surface area contributed by atoms with Gasteiger partial charge >= 0.3 is 5.97 Å². The zero-order valence-electron chi connectivity index (χ0n) is 30.8. The van der Waals surface area contributed by atoms with E-state index in [1.54, 1.807) is 6.92 Å². The van der Waals surface area contributed by atoms with Crippen LogP contribution in [0.1, 0.15) is 120 Å². The Morgan fingerprint density at radius 1 is 0.898 bits per heavy atom. The molecule has 6 N–H and O–H groups in total. The van der Waals surface area contributed by atoms with E-state index in [1.807, 2.05) is 13.8 Å². The number of aliphatic hydroxyl groups is 5. The maximum atomic E-state index is 13.1. The Labute approximate surface area is 291 Å². The largest absolute Gasteiger partial charge is 0.481 e. The minimum atomic E-state index is -1.56. The van der Waals surface area contributed by atoms with Crippen LogP contribution < -0.4 is 0 Å². The molecule has 49 heavy (non-hydrogen) atoms. The summed E-state index contributed by atoms with van der Waals surface area (Å²) in [5.74, 6) is -0.871. The molecule has 5 fully saturated rings. The number of fused-ring (bicyclic) bond motifs is 7. The Kier molecular flexibility index (Phi) is 9.20. The molecular weight excluding hydrogens is 628 g/mol. The molecule has 0 amide bonds. The van der Waals surface area contributed by atoms with E-state index in [4.69, 9.17) is 9.47 Å². The number of carboxylic acids is 1. The highest BCUT2D eigenvalue weighted by Gasteiger charge is 2.71. The summed E-state index contributed by atoms with van der Waals surface area (Å²) in [6.45, 7) is 16.2. The monoisotopic (exact) mass is 690 g/mol. The first-order chi connectivity index (χ1) is 22.6. The molecule has 0 bridgehead atoms. The van der Waals surface area contributed by atoms with Crippen molar-refractivity contribution in [3.63, 3.8) is 0 Å². The van der Waals surface area contributed by atoms with Crippen LogP contribution in [0.3, 0.4) is 0 Å². The number of hydrogen-bond acceptors (Lipinski definition) is 9. The minimum absolute atomic E-state index is 0.0703. The predicted octanol–water partition coefficient (Wildman–Crippen LogP) is 4.38.